The summed E-state index contributed by atoms with van der Waals surface area (Å²) in [5.74, 6) is -0.864. The van der Waals surface area contributed by atoms with Gasteiger partial charge in [0.1, 0.15) is 6.04 Å². The number of hydrogen-bond acceptors (Lipinski definition) is 6. The first-order chi connectivity index (χ1) is 13.4. The van der Waals surface area contributed by atoms with Gasteiger partial charge in [0.2, 0.25) is 11.8 Å². The zero-order valence-corrected chi connectivity index (χ0v) is 15.9. The third-order valence-electron chi connectivity index (χ3n) is 5.58. The number of carbonyl (C=O) groups is 4. The number of rotatable bonds is 6. The Bertz CT molecular complexity index is 794. The summed E-state index contributed by atoms with van der Waals surface area (Å²) < 4.78 is 0. The standard InChI is InChI=1S/C20H25N3O5/c1-22(17-4-5-18(26)21-19(17)27)20(28)16-10-15(3-2-14(16)12-25)23-8-6-13(11-23)7-9-24/h2-3,10,12-13,17,24H,4-9,11H2,1H3,(H,21,26,27). The molecule has 2 aliphatic heterocycles. The summed E-state index contributed by atoms with van der Waals surface area (Å²) in [7, 11) is 1.51. The molecule has 1 aromatic carbocycles. The fourth-order valence-corrected chi connectivity index (χ4v) is 3.90. The molecular weight excluding hydrogens is 362 g/mol. The first-order valence-electron chi connectivity index (χ1n) is 9.50. The maximum atomic E-state index is 13.0. The summed E-state index contributed by atoms with van der Waals surface area (Å²) in [6, 6.07) is 4.38. The normalized spacial score (nSPS) is 22.1. The third kappa shape index (κ3) is 4.06. The SMILES string of the molecule is CN(C(=O)c1cc(N2CCC(CCO)C2)ccc1C=O)C1CCC(=O)NC1=O. The van der Waals surface area contributed by atoms with E-state index in [4.69, 9.17) is 5.11 Å². The number of likely N-dealkylation sites (N-methyl/N-ethyl adjacent to an activating group) is 1. The number of nitrogens with one attached hydrogen (secondary N) is 1. The summed E-state index contributed by atoms with van der Waals surface area (Å²) in [4.78, 5) is 51.4. The van der Waals surface area contributed by atoms with Crippen LogP contribution < -0.4 is 10.2 Å². The lowest BCUT2D eigenvalue weighted by Crippen LogP contribution is -2.53. The highest BCUT2D eigenvalue weighted by atomic mass is 16.3. The smallest absolute Gasteiger partial charge is 0.255 e. The molecule has 0 aliphatic carbocycles. The lowest BCUT2D eigenvalue weighted by Gasteiger charge is -2.30. The number of anilines is 1. The van der Waals surface area contributed by atoms with Crippen molar-refractivity contribution < 1.29 is 24.3 Å². The van der Waals surface area contributed by atoms with Crippen molar-refractivity contribution in [2.75, 3.05) is 31.6 Å². The van der Waals surface area contributed by atoms with E-state index < -0.39 is 17.9 Å². The largest absolute Gasteiger partial charge is 0.396 e. The molecule has 2 fully saturated rings. The van der Waals surface area contributed by atoms with E-state index in [0.717, 1.165) is 31.6 Å². The first-order valence-corrected chi connectivity index (χ1v) is 9.50. The number of aldehydes is 1. The van der Waals surface area contributed by atoms with Crippen molar-refractivity contribution in [3.05, 3.63) is 29.3 Å². The molecular formula is C20H25N3O5. The minimum atomic E-state index is -0.742. The zero-order chi connectivity index (χ0) is 20.3. The van der Waals surface area contributed by atoms with Gasteiger partial charge < -0.3 is 14.9 Å². The molecule has 2 N–H and O–H groups in total. The predicted molar refractivity (Wildman–Crippen MR) is 102 cm³/mol. The molecule has 0 radical (unpaired) electrons. The molecule has 2 heterocycles. The molecule has 2 atom stereocenters. The van der Waals surface area contributed by atoms with Crippen molar-refractivity contribution in [2.45, 2.75) is 31.7 Å². The Morgan fingerprint density at radius 1 is 1.36 bits per heavy atom. The molecule has 28 heavy (non-hydrogen) atoms. The van der Waals surface area contributed by atoms with Gasteiger partial charge in [-0.05, 0) is 43.4 Å². The molecule has 2 saturated heterocycles. The molecule has 2 unspecified atom stereocenters. The van der Waals surface area contributed by atoms with Crippen LogP contribution in [0.5, 0.6) is 0 Å². The highest BCUT2D eigenvalue weighted by Crippen LogP contribution is 2.28. The van der Waals surface area contributed by atoms with E-state index in [9.17, 15) is 19.2 Å². The summed E-state index contributed by atoms with van der Waals surface area (Å²) in [5.41, 5.74) is 1.34. The maximum absolute atomic E-state index is 13.0. The van der Waals surface area contributed by atoms with E-state index >= 15 is 0 Å². The second-order valence-electron chi connectivity index (χ2n) is 7.39. The number of benzene rings is 1. The van der Waals surface area contributed by atoms with Crippen LogP contribution in [0.15, 0.2) is 18.2 Å². The molecule has 0 spiro atoms. The topological polar surface area (TPSA) is 107 Å². The molecule has 0 saturated carbocycles. The van der Waals surface area contributed by atoms with Gasteiger partial charge in [-0.3, -0.25) is 24.5 Å². The van der Waals surface area contributed by atoms with Gasteiger partial charge in [0.05, 0.1) is 5.56 Å². The van der Waals surface area contributed by atoms with Gasteiger partial charge in [-0.2, -0.15) is 0 Å². The molecule has 3 amide bonds. The van der Waals surface area contributed by atoms with E-state index in [2.05, 4.69) is 10.2 Å². The number of hydrogen-bond donors (Lipinski definition) is 2. The average Bonchev–Trinajstić information content (AvgIpc) is 3.15. The van der Waals surface area contributed by atoms with Crippen molar-refractivity contribution >= 4 is 29.7 Å². The molecule has 3 rings (SSSR count). The van der Waals surface area contributed by atoms with Gasteiger partial charge >= 0.3 is 0 Å². The van der Waals surface area contributed by atoms with Crippen LogP contribution in [0.3, 0.4) is 0 Å². The summed E-state index contributed by atoms with van der Waals surface area (Å²) in [5, 5.41) is 11.4. The highest BCUT2D eigenvalue weighted by molar-refractivity contribution is 6.06. The Kier molecular flexibility index (Phi) is 6.08. The van der Waals surface area contributed by atoms with Crippen LogP contribution in [0, 0.1) is 5.92 Å². The van der Waals surface area contributed by atoms with E-state index in [-0.39, 0.29) is 36.5 Å². The maximum Gasteiger partial charge on any atom is 0.255 e. The van der Waals surface area contributed by atoms with Crippen LogP contribution in [0.4, 0.5) is 5.69 Å². The number of amides is 3. The number of aliphatic hydroxyl groups is 1. The van der Waals surface area contributed by atoms with E-state index in [0.29, 0.717) is 12.2 Å². The monoisotopic (exact) mass is 387 g/mol. The summed E-state index contributed by atoms with van der Waals surface area (Å²) in [6.07, 6.45) is 2.78. The first kappa shape index (κ1) is 20.0. The predicted octanol–water partition coefficient (Wildman–Crippen LogP) is 0.585. The molecule has 2 aliphatic rings. The van der Waals surface area contributed by atoms with Crippen LogP contribution in [0.2, 0.25) is 0 Å². The van der Waals surface area contributed by atoms with E-state index in [1.54, 1.807) is 12.1 Å². The van der Waals surface area contributed by atoms with Gasteiger partial charge in [0.25, 0.3) is 5.91 Å². The van der Waals surface area contributed by atoms with Crippen LogP contribution in [0.1, 0.15) is 46.4 Å². The zero-order valence-electron chi connectivity index (χ0n) is 15.9. The summed E-state index contributed by atoms with van der Waals surface area (Å²) >= 11 is 0. The Balaban J connectivity index is 1.81. The number of nitrogens with zero attached hydrogens (tertiary/aromatic N) is 2. The van der Waals surface area contributed by atoms with E-state index in [1.165, 1.54) is 11.9 Å². The quantitative estimate of drug-likeness (QED) is 0.546. The second-order valence-corrected chi connectivity index (χ2v) is 7.39. The third-order valence-corrected chi connectivity index (χ3v) is 5.58. The lowest BCUT2D eigenvalue weighted by atomic mass is 10.0. The van der Waals surface area contributed by atoms with Crippen LogP contribution in [-0.2, 0) is 9.59 Å². The minimum absolute atomic E-state index is 0.156. The Labute approximate surface area is 163 Å². The average molecular weight is 387 g/mol. The molecule has 1 aromatic rings. The van der Waals surface area contributed by atoms with Gasteiger partial charge in [0.15, 0.2) is 6.29 Å². The lowest BCUT2D eigenvalue weighted by molar-refractivity contribution is -0.136. The summed E-state index contributed by atoms with van der Waals surface area (Å²) in [6.45, 7) is 1.77. The number of aliphatic hydroxyl groups excluding tert-OH is 1. The Hall–Kier alpha value is -2.74. The molecule has 150 valence electrons. The number of imide groups is 1. The van der Waals surface area contributed by atoms with Crippen LogP contribution in [-0.4, -0.2) is 66.8 Å². The second kappa shape index (κ2) is 8.52. The van der Waals surface area contributed by atoms with Gasteiger partial charge in [-0.1, -0.05) is 0 Å². The van der Waals surface area contributed by atoms with Gasteiger partial charge in [-0.25, -0.2) is 0 Å². The number of carbonyl (C=O) groups excluding carboxylic acids is 4. The van der Waals surface area contributed by atoms with Crippen molar-refractivity contribution in [1.29, 1.82) is 0 Å². The highest BCUT2D eigenvalue weighted by Gasteiger charge is 2.33. The van der Waals surface area contributed by atoms with Crippen LogP contribution >= 0.6 is 0 Å². The van der Waals surface area contributed by atoms with Crippen molar-refractivity contribution in [3.8, 4) is 0 Å². The Morgan fingerprint density at radius 3 is 2.82 bits per heavy atom. The van der Waals surface area contributed by atoms with Gasteiger partial charge in [0, 0.05) is 44.4 Å². The number of piperidine rings is 1. The van der Waals surface area contributed by atoms with Crippen LogP contribution in [0.25, 0.3) is 0 Å². The van der Waals surface area contributed by atoms with Crippen molar-refractivity contribution in [2.24, 2.45) is 5.92 Å². The fraction of sp³-hybridized carbons (Fsp3) is 0.500. The minimum Gasteiger partial charge on any atom is -0.396 e. The molecule has 8 heteroatoms. The van der Waals surface area contributed by atoms with Crippen molar-refractivity contribution in [1.82, 2.24) is 10.2 Å². The van der Waals surface area contributed by atoms with Gasteiger partial charge in [-0.15, -0.1) is 0 Å². The Morgan fingerprint density at radius 2 is 2.14 bits per heavy atom. The fourth-order valence-electron chi connectivity index (χ4n) is 3.90. The van der Waals surface area contributed by atoms with Crippen molar-refractivity contribution in [3.63, 3.8) is 0 Å². The van der Waals surface area contributed by atoms with E-state index in [1.807, 2.05) is 6.07 Å². The molecule has 8 nitrogen and oxygen atoms in total. The molecule has 0 bridgehead atoms. The molecule has 0 aromatic heterocycles.